The van der Waals surface area contributed by atoms with E-state index < -0.39 is 0 Å². The maximum atomic E-state index is 4.54. The monoisotopic (exact) mass is 290 g/mol. The number of thiazole rings is 1. The molecule has 0 spiro atoms. The zero-order chi connectivity index (χ0) is 14.4. The molecule has 5 heteroatoms. The van der Waals surface area contributed by atoms with Gasteiger partial charge in [-0.3, -0.25) is 0 Å². The zero-order valence-electron chi connectivity index (χ0n) is 12.4. The molecule has 0 amide bonds. The van der Waals surface area contributed by atoms with Crippen LogP contribution in [0.15, 0.2) is 23.8 Å². The van der Waals surface area contributed by atoms with Crippen LogP contribution < -0.4 is 10.2 Å². The second-order valence-electron chi connectivity index (χ2n) is 4.88. The minimum Gasteiger partial charge on any atom is -0.354 e. The minimum absolute atomic E-state index is 0.855. The van der Waals surface area contributed by atoms with Crippen LogP contribution >= 0.6 is 11.3 Å². The molecule has 2 aromatic rings. The van der Waals surface area contributed by atoms with Crippen molar-refractivity contribution in [3.63, 3.8) is 0 Å². The number of anilines is 1. The molecule has 0 aliphatic rings. The number of pyridine rings is 1. The second kappa shape index (κ2) is 7.36. The Morgan fingerprint density at radius 1 is 1.35 bits per heavy atom. The molecule has 2 heterocycles. The average Bonchev–Trinajstić information content (AvgIpc) is 2.85. The third-order valence-corrected chi connectivity index (χ3v) is 4.12. The molecule has 0 saturated heterocycles. The molecule has 0 unspecified atom stereocenters. The molecule has 0 fully saturated rings. The van der Waals surface area contributed by atoms with Crippen LogP contribution in [0.3, 0.4) is 0 Å². The van der Waals surface area contributed by atoms with Gasteiger partial charge in [0.25, 0.3) is 0 Å². The highest BCUT2D eigenvalue weighted by molar-refractivity contribution is 7.09. The molecule has 0 bridgehead atoms. The highest BCUT2D eigenvalue weighted by Crippen LogP contribution is 2.21. The van der Waals surface area contributed by atoms with Crippen molar-refractivity contribution < 1.29 is 0 Å². The predicted octanol–water partition coefficient (Wildman–Crippen LogP) is 2.98. The molecule has 2 rings (SSSR count). The Hall–Kier alpha value is -1.46. The van der Waals surface area contributed by atoms with Gasteiger partial charge in [0.2, 0.25) is 0 Å². The summed E-state index contributed by atoms with van der Waals surface area (Å²) < 4.78 is 0. The van der Waals surface area contributed by atoms with E-state index in [2.05, 4.69) is 47.1 Å². The summed E-state index contributed by atoms with van der Waals surface area (Å²) in [5, 5.41) is 3.44. The summed E-state index contributed by atoms with van der Waals surface area (Å²) in [6.45, 7) is 6.99. The Bertz CT molecular complexity index is 538. The molecule has 0 aliphatic heterocycles. The van der Waals surface area contributed by atoms with Gasteiger partial charge in [0.1, 0.15) is 5.82 Å². The normalized spacial score (nSPS) is 10.8. The number of nitrogens with zero attached hydrogens (tertiary/aromatic N) is 3. The van der Waals surface area contributed by atoms with Gasteiger partial charge in [0, 0.05) is 30.2 Å². The van der Waals surface area contributed by atoms with Crippen LogP contribution in [0.1, 0.15) is 29.5 Å². The molecular formula is C15H22N4S. The van der Waals surface area contributed by atoms with E-state index in [1.165, 1.54) is 10.4 Å². The number of hydrogen-bond donors (Lipinski definition) is 1. The van der Waals surface area contributed by atoms with Crippen molar-refractivity contribution in [2.75, 3.05) is 18.5 Å². The van der Waals surface area contributed by atoms with Gasteiger partial charge in [-0.1, -0.05) is 13.0 Å². The molecule has 0 saturated carbocycles. The van der Waals surface area contributed by atoms with E-state index in [-0.39, 0.29) is 0 Å². The first-order valence-corrected chi connectivity index (χ1v) is 7.85. The van der Waals surface area contributed by atoms with E-state index in [0.29, 0.717) is 0 Å². The van der Waals surface area contributed by atoms with Gasteiger partial charge in [-0.15, -0.1) is 11.3 Å². The topological polar surface area (TPSA) is 41.1 Å². The van der Waals surface area contributed by atoms with Crippen molar-refractivity contribution >= 4 is 17.2 Å². The van der Waals surface area contributed by atoms with E-state index >= 15 is 0 Å². The summed E-state index contributed by atoms with van der Waals surface area (Å²) in [5.41, 5.74) is 4.26. The van der Waals surface area contributed by atoms with Crippen LogP contribution in [0.4, 0.5) is 5.82 Å². The highest BCUT2D eigenvalue weighted by atomic mass is 32.1. The van der Waals surface area contributed by atoms with Crippen LogP contribution in [-0.4, -0.2) is 23.6 Å². The molecule has 4 nitrogen and oxygen atoms in total. The number of rotatable bonds is 7. The molecule has 108 valence electrons. The third kappa shape index (κ3) is 3.77. The average molecular weight is 290 g/mol. The number of aryl methyl sites for hydroxylation is 1. The number of aromatic nitrogens is 2. The molecule has 1 N–H and O–H groups in total. The summed E-state index contributed by atoms with van der Waals surface area (Å²) in [4.78, 5) is 12.3. The second-order valence-corrected chi connectivity index (χ2v) is 5.82. The Kier molecular flexibility index (Phi) is 5.49. The minimum atomic E-state index is 0.855. The van der Waals surface area contributed by atoms with Crippen molar-refractivity contribution in [1.29, 1.82) is 0 Å². The molecule has 0 radical (unpaired) electrons. The van der Waals surface area contributed by atoms with Gasteiger partial charge in [0.05, 0.1) is 17.7 Å². The van der Waals surface area contributed by atoms with E-state index in [9.17, 15) is 0 Å². The number of nitrogens with one attached hydrogen (secondary N) is 1. The Morgan fingerprint density at radius 3 is 2.90 bits per heavy atom. The third-order valence-electron chi connectivity index (χ3n) is 3.20. The first-order chi connectivity index (χ1) is 9.72. The quantitative estimate of drug-likeness (QED) is 0.796. The van der Waals surface area contributed by atoms with E-state index in [4.69, 9.17) is 0 Å². The largest absolute Gasteiger partial charge is 0.354 e. The molecule has 0 aliphatic carbocycles. The van der Waals surface area contributed by atoms with Gasteiger partial charge in [-0.25, -0.2) is 9.97 Å². The summed E-state index contributed by atoms with van der Waals surface area (Å²) in [7, 11) is 2.09. The zero-order valence-corrected chi connectivity index (χ0v) is 13.2. The van der Waals surface area contributed by atoms with Crippen molar-refractivity contribution in [2.45, 2.75) is 33.4 Å². The highest BCUT2D eigenvalue weighted by Gasteiger charge is 2.11. The number of hydrogen-bond acceptors (Lipinski definition) is 5. The van der Waals surface area contributed by atoms with Crippen LogP contribution in [0, 0.1) is 6.92 Å². The van der Waals surface area contributed by atoms with Gasteiger partial charge in [-0.2, -0.15) is 0 Å². The molecule has 2 aromatic heterocycles. The lowest BCUT2D eigenvalue weighted by Crippen LogP contribution is -2.22. The van der Waals surface area contributed by atoms with Gasteiger partial charge in [-0.05, 0) is 26.0 Å². The fourth-order valence-corrected chi connectivity index (χ4v) is 2.91. The smallest absolute Gasteiger partial charge is 0.133 e. The Labute approximate surface area is 124 Å². The fraction of sp³-hybridized carbons (Fsp3) is 0.467. The first-order valence-electron chi connectivity index (χ1n) is 6.97. The van der Waals surface area contributed by atoms with Crippen molar-refractivity contribution in [3.8, 4) is 0 Å². The van der Waals surface area contributed by atoms with Crippen LogP contribution in [0.2, 0.25) is 0 Å². The SMILES string of the molecule is CCCNCc1cccnc1N(C)Cc1scnc1C. The maximum absolute atomic E-state index is 4.54. The van der Waals surface area contributed by atoms with Crippen LogP contribution in [0.5, 0.6) is 0 Å². The lowest BCUT2D eigenvalue weighted by molar-refractivity contribution is 0.671. The van der Waals surface area contributed by atoms with Crippen molar-refractivity contribution in [1.82, 2.24) is 15.3 Å². The van der Waals surface area contributed by atoms with E-state index in [1.54, 1.807) is 11.3 Å². The lowest BCUT2D eigenvalue weighted by atomic mass is 10.2. The summed E-state index contributed by atoms with van der Waals surface area (Å²) in [5.74, 6) is 1.05. The van der Waals surface area contributed by atoms with Gasteiger partial charge >= 0.3 is 0 Å². The summed E-state index contributed by atoms with van der Waals surface area (Å²) >= 11 is 1.70. The summed E-state index contributed by atoms with van der Waals surface area (Å²) in [6.07, 6.45) is 3.00. The lowest BCUT2D eigenvalue weighted by Gasteiger charge is -2.21. The van der Waals surface area contributed by atoms with Gasteiger partial charge in [0.15, 0.2) is 0 Å². The Morgan fingerprint density at radius 2 is 2.20 bits per heavy atom. The molecule has 0 atom stereocenters. The molecule has 20 heavy (non-hydrogen) atoms. The molecule has 0 aromatic carbocycles. The van der Waals surface area contributed by atoms with Gasteiger partial charge < -0.3 is 10.2 Å². The summed E-state index contributed by atoms with van der Waals surface area (Å²) in [6, 6.07) is 4.14. The predicted molar refractivity (Wildman–Crippen MR) is 85.2 cm³/mol. The van der Waals surface area contributed by atoms with E-state index in [1.807, 2.05) is 17.8 Å². The maximum Gasteiger partial charge on any atom is 0.133 e. The van der Waals surface area contributed by atoms with Crippen LogP contribution in [0.25, 0.3) is 0 Å². The molecular weight excluding hydrogens is 268 g/mol. The first kappa shape index (κ1) is 14.9. The Balaban J connectivity index is 2.08. The van der Waals surface area contributed by atoms with Crippen molar-refractivity contribution in [3.05, 3.63) is 40.0 Å². The standard InChI is InChI=1S/C15H22N4S/c1-4-7-16-9-13-6-5-8-17-15(13)19(3)10-14-12(2)18-11-20-14/h5-6,8,11,16H,4,7,9-10H2,1-3H3. The van der Waals surface area contributed by atoms with E-state index in [0.717, 1.165) is 37.6 Å². The fourth-order valence-electron chi connectivity index (χ4n) is 2.08. The van der Waals surface area contributed by atoms with Crippen LogP contribution in [-0.2, 0) is 13.1 Å². The van der Waals surface area contributed by atoms with Crippen molar-refractivity contribution in [2.24, 2.45) is 0 Å².